The van der Waals surface area contributed by atoms with Crippen LogP contribution in [0, 0.1) is 0 Å². The normalized spacial score (nSPS) is 10.7. The standard InChI is InChI=1S/C16H17N3O/c1-2-19-8-4-7-15(19)10-18-14-6-3-5-13(9-14)16-11-17-12-20-16/h3-9,11-12,18H,2,10H2,1H3. The van der Waals surface area contributed by atoms with Gasteiger partial charge in [0.25, 0.3) is 0 Å². The van der Waals surface area contributed by atoms with E-state index in [2.05, 4.69) is 52.3 Å². The summed E-state index contributed by atoms with van der Waals surface area (Å²) in [4.78, 5) is 3.95. The number of anilines is 1. The van der Waals surface area contributed by atoms with Gasteiger partial charge in [-0.3, -0.25) is 0 Å². The van der Waals surface area contributed by atoms with Gasteiger partial charge in [0, 0.05) is 29.7 Å². The lowest BCUT2D eigenvalue weighted by molar-refractivity contribution is 0.572. The van der Waals surface area contributed by atoms with Crippen molar-refractivity contribution in [2.75, 3.05) is 5.32 Å². The minimum absolute atomic E-state index is 0.783. The molecule has 0 aliphatic heterocycles. The molecule has 2 aromatic heterocycles. The molecule has 0 saturated heterocycles. The fraction of sp³-hybridized carbons (Fsp3) is 0.188. The van der Waals surface area contributed by atoms with E-state index < -0.39 is 0 Å². The van der Waals surface area contributed by atoms with Gasteiger partial charge < -0.3 is 14.3 Å². The highest BCUT2D eigenvalue weighted by Gasteiger charge is 2.03. The first-order valence-electron chi connectivity index (χ1n) is 6.73. The minimum atomic E-state index is 0.783. The van der Waals surface area contributed by atoms with Crippen LogP contribution in [0.15, 0.2) is 59.6 Å². The van der Waals surface area contributed by atoms with Crippen molar-refractivity contribution in [2.45, 2.75) is 20.0 Å². The van der Waals surface area contributed by atoms with Crippen LogP contribution in [-0.4, -0.2) is 9.55 Å². The second-order valence-corrected chi connectivity index (χ2v) is 4.59. The minimum Gasteiger partial charge on any atom is -0.444 e. The third kappa shape index (κ3) is 2.59. The smallest absolute Gasteiger partial charge is 0.181 e. The van der Waals surface area contributed by atoms with Crippen LogP contribution < -0.4 is 5.32 Å². The van der Waals surface area contributed by atoms with Crippen LogP contribution in [0.5, 0.6) is 0 Å². The Morgan fingerprint density at radius 2 is 2.20 bits per heavy atom. The van der Waals surface area contributed by atoms with E-state index in [9.17, 15) is 0 Å². The van der Waals surface area contributed by atoms with E-state index in [1.165, 1.54) is 12.1 Å². The van der Waals surface area contributed by atoms with E-state index in [0.717, 1.165) is 30.1 Å². The summed E-state index contributed by atoms with van der Waals surface area (Å²) in [5.74, 6) is 0.783. The van der Waals surface area contributed by atoms with Gasteiger partial charge in [0.1, 0.15) is 0 Å². The molecule has 0 amide bonds. The summed E-state index contributed by atoms with van der Waals surface area (Å²) in [6.07, 6.45) is 5.27. The molecule has 0 atom stereocenters. The van der Waals surface area contributed by atoms with E-state index in [1.807, 2.05) is 12.1 Å². The molecule has 0 aliphatic rings. The fourth-order valence-electron chi connectivity index (χ4n) is 2.25. The maximum Gasteiger partial charge on any atom is 0.181 e. The highest BCUT2D eigenvalue weighted by molar-refractivity contribution is 5.63. The molecular formula is C16H17N3O. The highest BCUT2D eigenvalue weighted by Crippen LogP contribution is 2.22. The number of aryl methyl sites for hydroxylation is 1. The third-order valence-electron chi connectivity index (χ3n) is 3.32. The topological polar surface area (TPSA) is 43.0 Å². The zero-order valence-corrected chi connectivity index (χ0v) is 11.4. The molecule has 102 valence electrons. The Kier molecular flexibility index (Phi) is 3.54. The van der Waals surface area contributed by atoms with Gasteiger partial charge in [-0.15, -0.1) is 0 Å². The molecule has 1 N–H and O–H groups in total. The van der Waals surface area contributed by atoms with Crippen molar-refractivity contribution in [1.29, 1.82) is 0 Å². The number of rotatable bonds is 5. The summed E-state index contributed by atoms with van der Waals surface area (Å²) < 4.78 is 7.55. The second-order valence-electron chi connectivity index (χ2n) is 4.59. The van der Waals surface area contributed by atoms with E-state index in [-0.39, 0.29) is 0 Å². The quantitative estimate of drug-likeness (QED) is 0.765. The molecule has 3 aromatic rings. The molecule has 0 bridgehead atoms. The van der Waals surface area contributed by atoms with Crippen molar-refractivity contribution in [1.82, 2.24) is 9.55 Å². The van der Waals surface area contributed by atoms with Gasteiger partial charge in [-0.25, -0.2) is 4.98 Å². The lowest BCUT2D eigenvalue weighted by atomic mass is 10.1. The summed E-state index contributed by atoms with van der Waals surface area (Å²) in [5, 5.41) is 3.44. The zero-order valence-electron chi connectivity index (χ0n) is 11.4. The van der Waals surface area contributed by atoms with Gasteiger partial charge in [-0.05, 0) is 31.2 Å². The third-order valence-corrected chi connectivity index (χ3v) is 3.32. The summed E-state index contributed by atoms with van der Waals surface area (Å²) in [5.41, 5.74) is 3.37. The molecule has 0 aliphatic carbocycles. The van der Waals surface area contributed by atoms with Crippen molar-refractivity contribution in [2.24, 2.45) is 0 Å². The molecule has 4 heteroatoms. The van der Waals surface area contributed by atoms with Crippen molar-refractivity contribution in [3.63, 3.8) is 0 Å². The van der Waals surface area contributed by atoms with Crippen molar-refractivity contribution >= 4 is 5.69 Å². The second kappa shape index (κ2) is 5.65. The largest absolute Gasteiger partial charge is 0.444 e. The first kappa shape index (κ1) is 12.5. The average Bonchev–Trinajstić information content (AvgIpc) is 3.16. The highest BCUT2D eigenvalue weighted by atomic mass is 16.3. The Morgan fingerprint density at radius 1 is 1.25 bits per heavy atom. The lowest BCUT2D eigenvalue weighted by Gasteiger charge is -2.10. The number of aromatic nitrogens is 2. The molecule has 0 unspecified atom stereocenters. The zero-order chi connectivity index (χ0) is 13.8. The van der Waals surface area contributed by atoms with Crippen LogP contribution in [0.25, 0.3) is 11.3 Å². The first-order valence-corrected chi connectivity index (χ1v) is 6.73. The van der Waals surface area contributed by atoms with Crippen molar-refractivity contribution in [3.8, 4) is 11.3 Å². The average molecular weight is 267 g/mol. The van der Waals surface area contributed by atoms with Gasteiger partial charge >= 0.3 is 0 Å². The summed E-state index contributed by atoms with van der Waals surface area (Å²) in [7, 11) is 0. The SMILES string of the molecule is CCn1cccc1CNc1cccc(-c2cnco2)c1. The van der Waals surface area contributed by atoms with Crippen LogP contribution in [0.4, 0.5) is 5.69 Å². The van der Waals surface area contributed by atoms with Crippen LogP contribution in [0.1, 0.15) is 12.6 Å². The van der Waals surface area contributed by atoms with E-state index in [0.29, 0.717) is 0 Å². The maximum absolute atomic E-state index is 5.32. The number of benzene rings is 1. The fourth-order valence-corrected chi connectivity index (χ4v) is 2.25. The molecule has 4 nitrogen and oxygen atoms in total. The number of oxazole rings is 1. The van der Waals surface area contributed by atoms with Crippen molar-refractivity contribution in [3.05, 3.63) is 60.9 Å². The van der Waals surface area contributed by atoms with Crippen LogP contribution in [-0.2, 0) is 13.1 Å². The molecule has 3 rings (SSSR count). The van der Waals surface area contributed by atoms with Gasteiger partial charge in [-0.1, -0.05) is 12.1 Å². The van der Waals surface area contributed by atoms with Crippen LogP contribution in [0.2, 0.25) is 0 Å². The maximum atomic E-state index is 5.32. The van der Waals surface area contributed by atoms with Crippen molar-refractivity contribution < 1.29 is 4.42 Å². The number of nitrogens with one attached hydrogen (secondary N) is 1. The van der Waals surface area contributed by atoms with Gasteiger partial charge in [0.2, 0.25) is 0 Å². The molecule has 0 fully saturated rings. The van der Waals surface area contributed by atoms with Gasteiger partial charge in [-0.2, -0.15) is 0 Å². The molecule has 1 aromatic carbocycles. The van der Waals surface area contributed by atoms with Crippen LogP contribution in [0.3, 0.4) is 0 Å². The molecule has 20 heavy (non-hydrogen) atoms. The Bertz CT molecular complexity index is 671. The van der Waals surface area contributed by atoms with E-state index >= 15 is 0 Å². The molecule has 0 radical (unpaired) electrons. The Hall–Kier alpha value is -2.49. The van der Waals surface area contributed by atoms with Crippen LogP contribution >= 0.6 is 0 Å². The lowest BCUT2D eigenvalue weighted by Crippen LogP contribution is -2.05. The molecule has 0 spiro atoms. The Balaban J connectivity index is 1.74. The Morgan fingerprint density at radius 3 is 3.00 bits per heavy atom. The van der Waals surface area contributed by atoms with Gasteiger partial charge in [0.05, 0.1) is 12.7 Å². The first-order chi connectivity index (χ1) is 9.86. The van der Waals surface area contributed by atoms with E-state index in [4.69, 9.17) is 4.42 Å². The number of hydrogen-bond donors (Lipinski definition) is 1. The van der Waals surface area contributed by atoms with Gasteiger partial charge in [0.15, 0.2) is 12.2 Å². The monoisotopic (exact) mass is 267 g/mol. The molecule has 2 heterocycles. The summed E-state index contributed by atoms with van der Waals surface area (Å²) in [6, 6.07) is 12.4. The Labute approximate surface area is 118 Å². The number of hydrogen-bond acceptors (Lipinski definition) is 3. The van der Waals surface area contributed by atoms with E-state index in [1.54, 1.807) is 6.20 Å². The molecular weight excluding hydrogens is 250 g/mol. The molecule has 0 saturated carbocycles. The summed E-state index contributed by atoms with van der Waals surface area (Å²) >= 11 is 0. The number of nitrogens with zero attached hydrogens (tertiary/aromatic N) is 2. The summed E-state index contributed by atoms with van der Waals surface area (Å²) in [6.45, 7) is 3.94. The predicted molar refractivity (Wildman–Crippen MR) is 79.4 cm³/mol. The predicted octanol–water partition coefficient (Wildman–Crippen LogP) is 3.78.